The van der Waals surface area contributed by atoms with Crippen molar-refractivity contribution in [3.8, 4) is 0 Å². The van der Waals surface area contributed by atoms with E-state index in [1.807, 2.05) is 13.8 Å². The maximum atomic E-state index is 12.6. The fourth-order valence-electron chi connectivity index (χ4n) is 3.17. The molecule has 1 amide bonds. The second-order valence-electron chi connectivity index (χ2n) is 6.83. The molecule has 2 N–H and O–H groups in total. The topological polar surface area (TPSA) is 84.7 Å². The van der Waals surface area contributed by atoms with Crippen molar-refractivity contribution in [2.24, 2.45) is 5.92 Å². The van der Waals surface area contributed by atoms with Gasteiger partial charge in [0.2, 0.25) is 5.91 Å². The van der Waals surface area contributed by atoms with E-state index in [4.69, 9.17) is 0 Å². The number of hydrogen-bond acceptors (Lipinski definition) is 6. The molecule has 1 aliphatic rings. The predicted octanol–water partition coefficient (Wildman–Crippen LogP) is 1.55. The second kappa shape index (κ2) is 7.61. The first-order valence-corrected chi connectivity index (χ1v) is 9.62. The third-order valence-electron chi connectivity index (χ3n) is 4.48. The molecule has 1 aliphatic heterocycles. The molecule has 0 aromatic carbocycles. The molecular formula is C17H26N6OS. The number of aryl methyl sites for hydroxylation is 2. The molecule has 0 fully saturated rings. The Morgan fingerprint density at radius 1 is 1.32 bits per heavy atom. The van der Waals surface area contributed by atoms with Crippen LogP contribution in [0.25, 0.3) is 0 Å². The van der Waals surface area contributed by atoms with Gasteiger partial charge in [-0.3, -0.25) is 4.79 Å². The minimum Gasteiger partial charge on any atom is -0.345 e. The van der Waals surface area contributed by atoms with E-state index in [0.717, 1.165) is 53.3 Å². The minimum absolute atomic E-state index is 0.0174. The van der Waals surface area contributed by atoms with Gasteiger partial charge in [-0.15, -0.1) is 21.5 Å². The third-order valence-corrected chi connectivity index (χ3v) is 5.41. The molecule has 8 heteroatoms. The standard InChI is InChI=1S/C17H26N6OS/c1-10(2)16(17-22-21-14-5-6-18-7-8-23(14)17)20-15(24)9-13-11(3)25-12(4)19-13/h10,16,18H,5-9H2,1-4H3,(H,20,24)/t16-/m0/s1. The van der Waals surface area contributed by atoms with E-state index < -0.39 is 0 Å². The number of carbonyl (C=O) groups is 1. The van der Waals surface area contributed by atoms with Gasteiger partial charge in [0.15, 0.2) is 5.82 Å². The highest BCUT2D eigenvalue weighted by molar-refractivity contribution is 7.11. The SMILES string of the molecule is Cc1nc(CC(=O)N[C@H](c2nnc3n2CCNCC3)C(C)C)c(C)s1. The molecular weight excluding hydrogens is 336 g/mol. The Bertz CT molecular complexity index is 750. The number of amides is 1. The maximum absolute atomic E-state index is 12.6. The van der Waals surface area contributed by atoms with Crippen LogP contribution >= 0.6 is 11.3 Å². The summed E-state index contributed by atoms with van der Waals surface area (Å²) in [5.74, 6) is 2.06. The van der Waals surface area contributed by atoms with E-state index in [1.165, 1.54) is 0 Å². The fraction of sp³-hybridized carbons (Fsp3) is 0.647. The van der Waals surface area contributed by atoms with Gasteiger partial charge in [0.25, 0.3) is 0 Å². The van der Waals surface area contributed by atoms with Crippen LogP contribution in [0.3, 0.4) is 0 Å². The van der Waals surface area contributed by atoms with Gasteiger partial charge in [-0.1, -0.05) is 13.8 Å². The summed E-state index contributed by atoms with van der Waals surface area (Å²) in [5, 5.41) is 16.3. The molecule has 2 aromatic rings. The molecule has 0 aliphatic carbocycles. The van der Waals surface area contributed by atoms with Crippen molar-refractivity contribution >= 4 is 17.2 Å². The Hall–Kier alpha value is -1.80. The van der Waals surface area contributed by atoms with Crippen LogP contribution in [0.2, 0.25) is 0 Å². The van der Waals surface area contributed by atoms with Gasteiger partial charge >= 0.3 is 0 Å². The van der Waals surface area contributed by atoms with Crippen LogP contribution in [-0.2, 0) is 24.2 Å². The summed E-state index contributed by atoms with van der Waals surface area (Å²) in [6.07, 6.45) is 1.17. The first-order valence-electron chi connectivity index (χ1n) is 8.80. The third kappa shape index (κ3) is 4.07. The van der Waals surface area contributed by atoms with Gasteiger partial charge in [0.1, 0.15) is 5.82 Å². The average Bonchev–Trinajstić information content (AvgIpc) is 2.98. The van der Waals surface area contributed by atoms with Crippen LogP contribution < -0.4 is 10.6 Å². The van der Waals surface area contributed by atoms with E-state index in [9.17, 15) is 4.79 Å². The Morgan fingerprint density at radius 3 is 2.80 bits per heavy atom. The number of thiazole rings is 1. The Balaban J connectivity index is 1.77. The molecule has 136 valence electrons. The lowest BCUT2D eigenvalue weighted by Crippen LogP contribution is -2.35. The number of nitrogens with zero attached hydrogens (tertiary/aromatic N) is 4. The monoisotopic (exact) mass is 362 g/mol. The molecule has 0 saturated carbocycles. The number of fused-ring (bicyclic) bond motifs is 1. The summed E-state index contributed by atoms with van der Waals surface area (Å²) in [6, 6.07) is -0.146. The molecule has 2 aromatic heterocycles. The minimum atomic E-state index is -0.146. The van der Waals surface area contributed by atoms with E-state index in [2.05, 4.69) is 44.2 Å². The van der Waals surface area contributed by atoms with E-state index in [0.29, 0.717) is 6.42 Å². The summed E-state index contributed by atoms with van der Waals surface area (Å²) in [7, 11) is 0. The van der Waals surface area contributed by atoms with Crippen LogP contribution in [-0.4, -0.2) is 38.7 Å². The number of carbonyl (C=O) groups excluding carboxylic acids is 1. The van der Waals surface area contributed by atoms with E-state index in [-0.39, 0.29) is 17.9 Å². The summed E-state index contributed by atoms with van der Waals surface area (Å²) in [6.45, 7) is 10.8. The lowest BCUT2D eigenvalue weighted by atomic mass is 10.0. The summed E-state index contributed by atoms with van der Waals surface area (Å²) in [5.41, 5.74) is 0.867. The fourth-order valence-corrected chi connectivity index (χ4v) is 4.00. The second-order valence-corrected chi connectivity index (χ2v) is 8.24. The molecule has 0 spiro atoms. The van der Waals surface area contributed by atoms with Crippen molar-refractivity contribution in [2.45, 2.75) is 53.1 Å². The predicted molar refractivity (Wildman–Crippen MR) is 97.6 cm³/mol. The quantitative estimate of drug-likeness (QED) is 0.843. The number of rotatable bonds is 5. The molecule has 3 heterocycles. The van der Waals surface area contributed by atoms with Gasteiger partial charge in [-0.05, 0) is 19.8 Å². The molecule has 3 rings (SSSR count). The lowest BCUT2D eigenvalue weighted by molar-refractivity contribution is -0.121. The summed E-state index contributed by atoms with van der Waals surface area (Å²) >= 11 is 1.63. The van der Waals surface area contributed by atoms with E-state index in [1.54, 1.807) is 11.3 Å². The van der Waals surface area contributed by atoms with Crippen molar-refractivity contribution in [3.05, 3.63) is 27.2 Å². The molecule has 1 atom stereocenters. The molecule has 7 nitrogen and oxygen atoms in total. The van der Waals surface area contributed by atoms with Crippen LogP contribution in [0.5, 0.6) is 0 Å². The van der Waals surface area contributed by atoms with Crippen molar-refractivity contribution in [1.29, 1.82) is 0 Å². The normalized spacial score (nSPS) is 15.7. The molecule has 25 heavy (non-hydrogen) atoms. The first-order chi connectivity index (χ1) is 12.0. The highest BCUT2D eigenvalue weighted by Crippen LogP contribution is 2.23. The average molecular weight is 363 g/mol. The molecule has 0 radical (unpaired) electrons. The summed E-state index contributed by atoms with van der Waals surface area (Å²) in [4.78, 5) is 18.2. The zero-order chi connectivity index (χ0) is 18.0. The zero-order valence-corrected chi connectivity index (χ0v) is 16.1. The first kappa shape index (κ1) is 18.0. The Labute approximate surface area is 152 Å². The highest BCUT2D eigenvalue weighted by Gasteiger charge is 2.26. The summed E-state index contributed by atoms with van der Waals surface area (Å²) < 4.78 is 2.16. The van der Waals surface area contributed by atoms with Gasteiger partial charge in [-0.2, -0.15) is 0 Å². The van der Waals surface area contributed by atoms with Gasteiger partial charge in [0, 0.05) is 30.9 Å². The van der Waals surface area contributed by atoms with Gasteiger partial charge < -0.3 is 15.2 Å². The van der Waals surface area contributed by atoms with Crippen molar-refractivity contribution in [1.82, 2.24) is 30.4 Å². The van der Waals surface area contributed by atoms with E-state index >= 15 is 0 Å². The number of nitrogens with one attached hydrogen (secondary N) is 2. The molecule has 0 saturated heterocycles. The number of aromatic nitrogens is 4. The Morgan fingerprint density at radius 2 is 2.12 bits per heavy atom. The highest BCUT2D eigenvalue weighted by atomic mass is 32.1. The molecule has 0 unspecified atom stereocenters. The molecule has 0 bridgehead atoms. The van der Waals surface area contributed by atoms with Crippen LogP contribution in [0.1, 0.15) is 47.1 Å². The van der Waals surface area contributed by atoms with Crippen LogP contribution in [0.15, 0.2) is 0 Å². The van der Waals surface area contributed by atoms with Crippen molar-refractivity contribution < 1.29 is 4.79 Å². The lowest BCUT2D eigenvalue weighted by Gasteiger charge is -2.22. The van der Waals surface area contributed by atoms with Crippen LogP contribution in [0.4, 0.5) is 0 Å². The van der Waals surface area contributed by atoms with Gasteiger partial charge in [-0.25, -0.2) is 4.98 Å². The zero-order valence-electron chi connectivity index (χ0n) is 15.3. The van der Waals surface area contributed by atoms with Crippen molar-refractivity contribution in [2.75, 3.05) is 13.1 Å². The number of hydrogen-bond donors (Lipinski definition) is 2. The van der Waals surface area contributed by atoms with Crippen molar-refractivity contribution in [3.63, 3.8) is 0 Å². The smallest absolute Gasteiger partial charge is 0.226 e. The van der Waals surface area contributed by atoms with Crippen LogP contribution in [0, 0.1) is 19.8 Å². The van der Waals surface area contributed by atoms with Gasteiger partial charge in [0.05, 0.1) is 23.2 Å². The maximum Gasteiger partial charge on any atom is 0.226 e. The Kier molecular flexibility index (Phi) is 5.48. The largest absolute Gasteiger partial charge is 0.345 e.